The first-order valence-electron chi connectivity index (χ1n) is 7.63. The second-order valence-corrected chi connectivity index (χ2v) is 6.53. The fourth-order valence-corrected chi connectivity index (χ4v) is 3.46. The highest BCUT2D eigenvalue weighted by molar-refractivity contribution is 7.13. The van der Waals surface area contributed by atoms with Crippen molar-refractivity contribution in [3.05, 3.63) is 40.6 Å². The Bertz CT molecular complexity index is 920. The maximum absolute atomic E-state index is 12.8. The van der Waals surface area contributed by atoms with Crippen molar-refractivity contribution in [3.63, 3.8) is 0 Å². The van der Waals surface area contributed by atoms with E-state index in [0.29, 0.717) is 18.1 Å². The third-order valence-corrected chi connectivity index (χ3v) is 4.35. The lowest BCUT2D eigenvalue weighted by molar-refractivity contribution is -0.141. The SMILES string of the molecule is Cc1cc(C(F)(F)F)nc(CCNc2nsc3nc(C)cc(C)c23)n1. The molecule has 0 saturated heterocycles. The molecule has 132 valence electrons. The predicted octanol–water partition coefficient (Wildman–Crippen LogP) is 4.08. The zero-order valence-electron chi connectivity index (χ0n) is 13.9. The summed E-state index contributed by atoms with van der Waals surface area (Å²) in [5.74, 6) is 0.846. The lowest BCUT2D eigenvalue weighted by Crippen LogP contribution is -2.14. The van der Waals surface area contributed by atoms with E-state index in [2.05, 4.69) is 24.6 Å². The molecule has 9 heteroatoms. The van der Waals surface area contributed by atoms with E-state index in [4.69, 9.17) is 0 Å². The molecule has 0 unspecified atom stereocenters. The average molecular weight is 367 g/mol. The number of aromatic nitrogens is 4. The molecule has 0 aliphatic carbocycles. The first kappa shape index (κ1) is 17.5. The van der Waals surface area contributed by atoms with Gasteiger partial charge in [-0.15, -0.1) is 0 Å². The molecule has 0 saturated carbocycles. The number of pyridine rings is 1. The Labute approximate surface area is 146 Å². The molecule has 3 aromatic heterocycles. The molecular weight excluding hydrogens is 351 g/mol. The Balaban J connectivity index is 1.75. The van der Waals surface area contributed by atoms with Gasteiger partial charge in [-0.25, -0.2) is 15.0 Å². The molecule has 0 aromatic carbocycles. The number of fused-ring (bicyclic) bond motifs is 1. The number of halogens is 3. The standard InChI is InChI=1S/C16H16F3N5S/c1-8-6-9(2)22-15-13(8)14(24-25-15)20-5-4-12-21-10(3)7-11(23-12)16(17,18)19/h6-7H,4-5H2,1-3H3,(H,20,24). The molecule has 0 spiro atoms. The first-order chi connectivity index (χ1) is 11.7. The van der Waals surface area contributed by atoms with Crippen molar-refractivity contribution >= 4 is 27.6 Å². The van der Waals surface area contributed by atoms with Gasteiger partial charge in [0.1, 0.15) is 22.2 Å². The van der Waals surface area contributed by atoms with Gasteiger partial charge in [0, 0.05) is 24.4 Å². The highest BCUT2D eigenvalue weighted by Crippen LogP contribution is 2.29. The van der Waals surface area contributed by atoms with Gasteiger partial charge in [-0.3, -0.25) is 0 Å². The van der Waals surface area contributed by atoms with Crippen molar-refractivity contribution in [3.8, 4) is 0 Å². The van der Waals surface area contributed by atoms with E-state index in [1.807, 2.05) is 19.9 Å². The number of nitrogens with zero attached hydrogens (tertiary/aromatic N) is 4. The smallest absolute Gasteiger partial charge is 0.368 e. The summed E-state index contributed by atoms with van der Waals surface area (Å²) in [6.07, 6.45) is -4.20. The summed E-state index contributed by atoms with van der Waals surface area (Å²) in [6.45, 7) is 5.81. The Morgan fingerprint density at radius 1 is 1.04 bits per heavy atom. The number of anilines is 1. The van der Waals surface area contributed by atoms with Crippen molar-refractivity contribution in [2.24, 2.45) is 0 Å². The Morgan fingerprint density at radius 3 is 2.48 bits per heavy atom. The van der Waals surface area contributed by atoms with Gasteiger partial charge < -0.3 is 5.32 Å². The van der Waals surface area contributed by atoms with Crippen LogP contribution in [0.5, 0.6) is 0 Å². The molecule has 25 heavy (non-hydrogen) atoms. The summed E-state index contributed by atoms with van der Waals surface area (Å²) >= 11 is 1.29. The molecule has 1 N–H and O–H groups in total. The third kappa shape index (κ3) is 3.87. The van der Waals surface area contributed by atoms with Crippen LogP contribution in [-0.4, -0.2) is 25.9 Å². The van der Waals surface area contributed by atoms with Crippen LogP contribution in [0.1, 0.15) is 28.5 Å². The fourth-order valence-electron chi connectivity index (χ4n) is 2.59. The van der Waals surface area contributed by atoms with Gasteiger partial charge in [-0.2, -0.15) is 17.5 Å². The molecule has 3 heterocycles. The fraction of sp³-hybridized carbons (Fsp3) is 0.375. The molecule has 0 bridgehead atoms. The van der Waals surface area contributed by atoms with Crippen molar-refractivity contribution in [2.45, 2.75) is 33.4 Å². The number of aryl methyl sites for hydroxylation is 3. The van der Waals surface area contributed by atoms with Gasteiger partial charge in [0.25, 0.3) is 0 Å². The van der Waals surface area contributed by atoms with E-state index in [9.17, 15) is 13.2 Å². The van der Waals surface area contributed by atoms with E-state index in [1.165, 1.54) is 18.5 Å². The van der Waals surface area contributed by atoms with Crippen LogP contribution in [0.3, 0.4) is 0 Å². The maximum atomic E-state index is 12.8. The summed E-state index contributed by atoms with van der Waals surface area (Å²) < 4.78 is 42.8. The summed E-state index contributed by atoms with van der Waals surface area (Å²) in [4.78, 5) is 13.0. The van der Waals surface area contributed by atoms with E-state index in [-0.39, 0.29) is 12.2 Å². The van der Waals surface area contributed by atoms with Gasteiger partial charge in [-0.05, 0) is 50.0 Å². The van der Waals surface area contributed by atoms with Crippen molar-refractivity contribution in [2.75, 3.05) is 11.9 Å². The van der Waals surface area contributed by atoms with Crippen molar-refractivity contribution in [1.82, 2.24) is 19.3 Å². The van der Waals surface area contributed by atoms with Crippen LogP contribution in [-0.2, 0) is 12.6 Å². The second kappa shape index (κ2) is 6.55. The zero-order valence-corrected chi connectivity index (χ0v) is 14.7. The first-order valence-corrected chi connectivity index (χ1v) is 8.40. The van der Waals surface area contributed by atoms with Gasteiger partial charge >= 0.3 is 6.18 Å². The minimum Gasteiger partial charge on any atom is -0.368 e. The number of rotatable bonds is 4. The van der Waals surface area contributed by atoms with Crippen LogP contribution in [0, 0.1) is 20.8 Å². The molecule has 0 atom stereocenters. The molecule has 3 aromatic rings. The van der Waals surface area contributed by atoms with E-state index >= 15 is 0 Å². The van der Waals surface area contributed by atoms with E-state index in [1.54, 1.807) is 0 Å². The van der Waals surface area contributed by atoms with Gasteiger partial charge in [-0.1, -0.05) is 0 Å². The predicted molar refractivity (Wildman–Crippen MR) is 90.9 cm³/mol. The topological polar surface area (TPSA) is 63.6 Å². The van der Waals surface area contributed by atoms with Crippen molar-refractivity contribution in [1.29, 1.82) is 0 Å². The van der Waals surface area contributed by atoms with Crippen LogP contribution < -0.4 is 5.32 Å². The normalized spacial score (nSPS) is 11.9. The minimum atomic E-state index is -4.47. The largest absolute Gasteiger partial charge is 0.433 e. The van der Waals surface area contributed by atoms with Crippen LogP contribution in [0.25, 0.3) is 10.2 Å². The molecule has 0 radical (unpaired) electrons. The molecular formula is C16H16F3N5S. The number of alkyl halides is 3. The molecule has 0 aliphatic heterocycles. The molecule has 0 aliphatic rings. The summed E-state index contributed by atoms with van der Waals surface area (Å²) in [7, 11) is 0. The quantitative estimate of drug-likeness (QED) is 0.753. The highest BCUT2D eigenvalue weighted by Gasteiger charge is 2.33. The zero-order chi connectivity index (χ0) is 18.2. The van der Waals surface area contributed by atoms with Crippen LogP contribution in [0.2, 0.25) is 0 Å². The Hall–Kier alpha value is -2.29. The Kier molecular flexibility index (Phi) is 4.59. The summed E-state index contributed by atoms with van der Waals surface area (Å²) in [5, 5.41) is 4.09. The molecule has 5 nitrogen and oxygen atoms in total. The minimum absolute atomic E-state index is 0.157. The lowest BCUT2D eigenvalue weighted by Gasteiger charge is -2.09. The monoisotopic (exact) mass is 367 g/mol. The molecule has 3 rings (SSSR count). The average Bonchev–Trinajstić information content (AvgIpc) is 2.89. The number of hydrogen-bond acceptors (Lipinski definition) is 6. The molecule has 0 amide bonds. The van der Waals surface area contributed by atoms with Crippen LogP contribution in [0.15, 0.2) is 12.1 Å². The third-order valence-electron chi connectivity index (χ3n) is 3.60. The second-order valence-electron chi connectivity index (χ2n) is 5.78. The lowest BCUT2D eigenvalue weighted by atomic mass is 10.2. The summed E-state index contributed by atoms with van der Waals surface area (Å²) in [5.41, 5.74) is 1.37. The number of hydrogen-bond donors (Lipinski definition) is 1. The highest BCUT2D eigenvalue weighted by atomic mass is 32.1. The van der Waals surface area contributed by atoms with Crippen molar-refractivity contribution < 1.29 is 13.2 Å². The van der Waals surface area contributed by atoms with Gasteiger partial charge in [0.15, 0.2) is 0 Å². The molecule has 0 fully saturated rings. The van der Waals surface area contributed by atoms with E-state index < -0.39 is 11.9 Å². The van der Waals surface area contributed by atoms with Gasteiger partial charge in [0.2, 0.25) is 0 Å². The summed E-state index contributed by atoms with van der Waals surface area (Å²) in [6, 6.07) is 2.92. The Morgan fingerprint density at radius 2 is 1.76 bits per heavy atom. The number of nitrogens with one attached hydrogen (secondary N) is 1. The maximum Gasteiger partial charge on any atom is 0.433 e. The van der Waals surface area contributed by atoms with Gasteiger partial charge in [0.05, 0.1) is 5.39 Å². The van der Waals surface area contributed by atoms with Crippen LogP contribution in [0.4, 0.5) is 19.0 Å². The van der Waals surface area contributed by atoms with Crippen LogP contribution >= 0.6 is 11.5 Å². The van der Waals surface area contributed by atoms with E-state index in [0.717, 1.165) is 27.5 Å².